The van der Waals surface area contributed by atoms with Crippen LogP contribution < -0.4 is 0 Å². The highest BCUT2D eigenvalue weighted by Crippen LogP contribution is 2.21. The summed E-state index contributed by atoms with van der Waals surface area (Å²) in [6, 6.07) is 0.694. The lowest BCUT2D eigenvalue weighted by Crippen LogP contribution is -2.08. The molecule has 64 valence electrons. The van der Waals surface area contributed by atoms with Crippen LogP contribution in [0.3, 0.4) is 0 Å². The third kappa shape index (κ3) is 2.89. The fraction of sp³-hybridized carbons (Fsp3) is 0.875. The maximum atomic E-state index is 10.2. The molecule has 1 fully saturated rings. The first kappa shape index (κ1) is 8.53. The Balaban J connectivity index is 2.00. The summed E-state index contributed by atoms with van der Waals surface area (Å²) in [6.45, 7) is 4.01. The molecule has 0 amide bonds. The minimum absolute atomic E-state index is 0.292. The number of rotatable bonds is 5. The number of carboxylic acids is 1. The normalized spacial score (nSPS) is 28.5. The van der Waals surface area contributed by atoms with Crippen LogP contribution in [0.1, 0.15) is 26.2 Å². The van der Waals surface area contributed by atoms with Crippen molar-refractivity contribution in [3.8, 4) is 0 Å². The van der Waals surface area contributed by atoms with Crippen molar-refractivity contribution in [2.45, 2.75) is 32.2 Å². The van der Waals surface area contributed by atoms with E-state index in [0.717, 1.165) is 13.1 Å². The van der Waals surface area contributed by atoms with Gasteiger partial charge in [-0.25, -0.2) is 0 Å². The van der Waals surface area contributed by atoms with Crippen molar-refractivity contribution in [3.63, 3.8) is 0 Å². The quantitative estimate of drug-likeness (QED) is 0.604. The maximum Gasteiger partial charge on any atom is 0.304 e. The molecular weight excluding hydrogens is 142 g/mol. The van der Waals surface area contributed by atoms with Crippen LogP contribution in [0, 0.1) is 0 Å². The van der Waals surface area contributed by atoms with Gasteiger partial charge >= 0.3 is 5.97 Å². The average molecular weight is 157 g/mol. The van der Waals surface area contributed by atoms with E-state index in [2.05, 4.69) is 11.8 Å². The molecule has 0 aliphatic carbocycles. The van der Waals surface area contributed by atoms with Gasteiger partial charge < -0.3 is 5.11 Å². The van der Waals surface area contributed by atoms with E-state index in [4.69, 9.17) is 5.11 Å². The van der Waals surface area contributed by atoms with Gasteiger partial charge in [0.15, 0.2) is 0 Å². The Labute approximate surface area is 67.0 Å². The zero-order valence-corrected chi connectivity index (χ0v) is 6.92. The van der Waals surface area contributed by atoms with Crippen LogP contribution in [0.15, 0.2) is 0 Å². The highest BCUT2D eigenvalue weighted by molar-refractivity contribution is 5.66. The van der Waals surface area contributed by atoms with Crippen LogP contribution in [0.4, 0.5) is 0 Å². The Bertz CT molecular complexity index is 147. The predicted molar refractivity (Wildman–Crippen MR) is 42.5 cm³/mol. The van der Waals surface area contributed by atoms with E-state index in [1.807, 2.05) is 0 Å². The van der Waals surface area contributed by atoms with E-state index in [1.165, 1.54) is 12.8 Å². The van der Waals surface area contributed by atoms with E-state index in [1.54, 1.807) is 0 Å². The molecule has 3 nitrogen and oxygen atoms in total. The standard InChI is InChI=1S/C8H15NO2/c1-2-3-7-6-9(7)5-4-8(10)11/h7H,2-6H2,1H3,(H,10,11). The lowest BCUT2D eigenvalue weighted by molar-refractivity contribution is -0.137. The molecule has 1 aliphatic heterocycles. The summed E-state index contributed by atoms with van der Waals surface area (Å²) in [5.41, 5.74) is 0. The van der Waals surface area contributed by atoms with Crippen LogP contribution >= 0.6 is 0 Å². The molecular formula is C8H15NO2. The van der Waals surface area contributed by atoms with Crippen LogP contribution in [-0.2, 0) is 4.79 Å². The third-order valence-electron chi connectivity index (χ3n) is 2.06. The highest BCUT2D eigenvalue weighted by atomic mass is 16.4. The fourth-order valence-corrected chi connectivity index (χ4v) is 1.34. The topological polar surface area (TPSA) is 40.3 Å². The molecule has 1 N–H and O–H groups in total. The van der Waals surface area contributed by atoms with E-state index in [0.29, 0.717) is 12.5 Å². The lowest BCUT2D eigenvalue weighted by atomic mass is 10.3. The van der Waals surface area contributed by atoms with Crippen LogP contribution in [0.5, 0.6) is 0 Å². The molecule has 1 heterocycles. The van der Waals surface area contributed by atoms with E-state index in [9.17, 15) is 4.79 Å². The number of hydrogen-bond donors (Lipinski definition) is 1. The highest BCUT2D eigenvalue weighted by Gasteiger charge is 2.32. The van der Waals surface area contributed by atoms with Gasteiger partial charge in [0.05, 0.1) is 6.42 Å². The van der Waals surface area contributed by atoms with Crippen molar-refractivity contribution in [2.75, 3.05) is 13.1 Å². The Kier molecular flexibility index (Phi) is 2.88. The molecule has 1 rings (SSSR count). The first-order valence-corrected chi connectivity index (χ1v) is 4.20. The molecule has 1 saturated heterocycles. The molecule has 3 heteroatoms. The second-order valence-electron chi connectivity index (χ2n) is 3.08. The smallest absolute Gasteiger partial charge is 0.304 e. The predicted octanol–water partition coefficient (Wildman–Crippen LogP) is 0.945. The van der Waals surface area contributed by atoms with Crippen LogP contribution in [0.2, 0.25) is 0 Å². The van der Waals surface area contributed by atoms with E-state index >= 15 is 0 Å². The summed E-state index contributed by atoms with van der Waals surface area (Å²) >= 11 is 0. The van der Waals surface area contributed by atoms with Crippen molar-refractivity contribution in [1.29, 1.82) is 0 Å². The van der Waals surface area contributed by atoms with Gasteiger partial charge in [-0.1, -0.05) is 13.3 Å². The maximum absolute atomic E-state index is 10.2. The number of carboxylic acid groups (broad SMARTS) is 1. The molecule has 0 aromatic carbocycles. The molecule has 0 bridgehead atoms. The summed E-state index contributed by atoms with van der Waals surface area (Å²) in [5.74, 6) is -0.688. The molecule has 1 aliphatic rings. The monoisotopic (exact) mass is 157 g/mol. The van der Waals surface area contributed by atoms with Gasteiger partial charge in [0.1, 0.15) is 0 Å². The molecule has 2 atom stereocenters. The minimum Gasteiger partial charge on any atom is -0.481 e. The molecule has 11 heavy (non-hydrogen) atoms. The molecule has 0 aromatic heterocycles. The Morgan fingerprint density at radius 1 is 1.73 bits per heavy atom. The third-order valence-corrected chi connectivity index (χ3v) is 2.06. The van der Waals surface area contributed by atoms with Gasteiger partial charge in [0.25, 0.3) is 0 Å². The molecule has 0 radical (unpaired) electrons. The van der Waals surface area contributed by atoms with E-state index < -0.39 is 5.97 Å². The largest absolute Gasteiger partial charge is 0.481 e. The first-order valence-electron chi connectivity index (χ1n) is 4.20. The van der Waals surface area contributed by atoms with Crippen LogP contribution in [0.25, 0.3) is 0 Å². The van der Waals surface area contributed by atoms with Gasteiger partial charge in [-0.3, -0.25) is 9.69 Å². The van der Waals surface area contributed by atoms with Crippen molar-refractivity contribution in [2.24, 2.45) is 0 Å². The van der Waals surface area contributed by atoms with Crippen LogP contribution in [-0.4, -0.2) is 35.1 Å². The number of carbonyl (C=O) groups is 1. The summed E-state index contributed by atoms with van der Waals surface area (Å²) < 4.78 is 0. The zero-order valence-electron chi connectivity index (χ0n) is 6.92. The van der Waals surface area contributed by atoms with Gasteiger partial charge in [-0.2, -0.15) is 0 Å². The molecule has 2 unspecified atom stereocenters. The van der Waals surface area contributed by atoms with Gasteiger partial charge in [-0.05, 0) is 6.42 Å². The van der Waals surface area contributed by atoms with Crippen molar-refractivity contribution < 1.29 is 9.90 Å². The molecule has 0 spiro atoms. The Hall–Kier alpha value is -0.570. The lowest BCUT2D eigenvalue weighted by Gasteiger charge is -1.98. The van der Waals surface area contributed by atoms with Gasteiger partial charge in [0, 0.05) is 19.1 Å². The minimum atomic E-state index is -0.688. The molecule has 0 saturated carbocycles. The van der Waals surface area contributed by atoms with Crippen molar-refractivity contribution in [1.82, 2.24) is 4.90 Å². The van der Waals surface area contributed by atoms with Gasteiger partial charge in [0.2, 0.25) is 0 Å². The Morgan fingerprint density at radius 3 is 3.00 bits per heavy atom. The number of hydrogen-bond acceptors (Lipinski definition) is 2. The number of aliphatic carboxylic acids is 1. The Morgan fingerprint density at radius 2 is 2.45 bits per heavy atom. The summed E-state index contributed by atoms with van der Waals surface area (Å²) in [5, 5.41) is 8.38. The van der Waals surface area contributed by atoms with Crippen molar-refractivity contribution >= 4 is 5.97 Å². The second kappa shape index (κ2) is 3.72. The van der Waals surface area contributed by atoms with Crippen molar-refractivity contribution in [3.05, 3.63) is 0 Å². The summed E-state index contributed by atoms with van der Waals surface area (Å²) in [6.07, 6.45) is 2.72. The van der Waals surface area contributed by atoms with Gasteiger partial charge in [-0.15, -0.1) is 0 Å². The summed E-state index contributed by atoms with van der Waals surface area (Å²) in [7, 11) is 0. The number of nitrogens with zero attached hydrogens (tertiary/aromatic N) is 1. The second-order valence-corrected chi connectivity index (χ2v) is 3.08. The zero-order chi connectivity index (χ0) is 8.27. The summed E-state index contributed by atoms with van der Waals surface area (Å²) in [4.78, 5) is 12.4. The first-order chi connectivity index (χ1) is 5.24. The average Bonchev–Trinajstić information content (AvgIpc) is 2.64. The van der Waals surface area contributed by atoms with E-state index in [-0.39, 0.29) is 0 Å². The SMILES string of the molecule is CCCC1CN1CCC(=O)O. The molecule has 0 aromatic rings. The fourth-order valence-electron chi connectivity index (χ4n) is 1.34.